The quantitative estimate of drug-likeness (QED) is 0.803. The lowest BCUT2D eigenvalue weighted by atomic mass is 10.1. The van der Waals surface area contributed by atoms with E-state index in [4.69, 9.17) is 0 Å². The van der Waals surface area contributed by atoms with Crippen molar-refractivity contribution in [2.24, 2.45) is 0 Å². The highest BCUT2D eigenvalue weighted by Crippen LogP contribution is 2.29. The Morgan fingerprint density at radius 3 is 2.45 bits per heavy atom. The topological polar surface area (TPSA) is 65.5 Å². The van der Waals surface area contributed by atoms with Crippen molar-refractivity contribution in [1.29, 1.82) is 0 Å². The molecule has 2 amide bonds. The smallest absolute Gasteiger partial charge is 0.355 e. The molecule has 0 saturated carbocycles. The second-order valence-electron chi connectivity index (χ2n) is 7.61. The van der Waals surface area contributed by atoms with Gasteiger partial charge in [0.1, 0.15) is 5.82 Å². The highest BCUT2D eigenvalue weighted by Gasteiger charge is 2.31. The van der Waals surface area contributed by atoms with Gasteiger partial charge in [-0.25, -0.2) is 4.98 Å². The largest absolute Gasteiger partial charge is 0.417 e. The van der Waals surface area contributed by atoms with E-state index in [0.717, 1.165) is 23.4 Å². The predicted octanol–water partition coefficient (Wildman–Crippen LogP) is 3.19. The summed E-state index contributed by atoms with van der Waals surface area (Å²) in [5, 5.41) is 2.66. The van der Waals surface area contributed by atoms with E-state index < -0.39 is 11.7 Å². The second-order valence-corrected chi connectivity index (χ2v) is 7.61. The molecule has 166 valence electrons. The van der Waals surface area contributed by atoms with Crippen molar-refractivity contribution >= 4 is 17.6 Å². The van der Waals surface area contributed by atoms with Gasteiger partial charge >= 0.3 is 6.18 Å². The summed E-state index contributed by atoms with van der Waals surface area (Å²) in [5.41, 5.74) is 1.81. The Kier molecular flexibility index (Phi) is 6.82. The molecule has 1 aliphatic rings. The predicted molar refractivity (Wildman–Crippen MR) is 111 cm³/mol. The molecule has 1 saturated heterocycles. The van der Waals surface area contributed by atoms with Crippen LogP contribution in [0.5, 0.6) is 0 Å². The maximum Gasteiger partial charge on any atom is 0.417 e. The molecule has 3 rings (SSSR count). The van der Waals surface area contributed by atoms with Crippen LogP contribution >= 0.6 is 0 Å². The van der Waals surface area contributed by atoms with E-state index >= 15 is 0 Å². The van der Waals surface area contributed by atoms with Crippen molar-refractivity contribution < 1.29 is 22.8 Å². The number of aromatic nitrogens is 1. The number of anilines is 1. The maximum absolute atomic E-state index is 12.7. The van der Waals surface area contributed by atoms with E-state index in [1.54, 1.807) is 17.0 Å². The molecule has 31 heavy (non-hydrogen) atoms. The zero-order valence-corrected chi connectivity index (χ0v) is 17.5. The minimum atomic E-state index is -4.42. The first-order chi connectivity index (χ1) is 14.6. The van der Waals surface area contributed by atoms with E-state index in [1.807, 2.05) is 24.8 Å². The SMILES string of the molecule is Cc1ccc(C(=O)NCC(=O)N2CCCN(c3ccc(C(F)(F)F)cn3)CC2)cc1C. The summed E-state index contributed by atoms with van der Waals surface area (Å²) in [7, 11) is 0. The van der Waals surface area contributed by atoms with Gasteiger partial charge in [-0.1, -0.05) is 6.07 Å². The number of carbonyl (C=O) groups is 2. The lowest BCUT2D eigenvalue weighted by Crippen LogP contribution is -2.42. The van der Waals surface area contributed by atoms with Crippen LogP contribution < -0.4 is 10.2 Å². The number of rotatable bonds is 4. The summed E-state index contributed by atoms with van der Waals surface area (Å²) in [6.45, 7) is 5.72. The molecule has 1 fully saturated rings. The molecule has 0 spiro atoms. The van der Waals surface area contributed by atoms with Crippen LogP contribution in [0.15, 0.2) is 36.5 Å². The number of benzene rings is 1. The number of carbonyl (C=O) groups excluding carboxylic acids is 2. The Bertz CT molecular complexity index is 945. The molecule has 0 radical (unpaired) electrons. The van der Waals surface area contributed by atoms with Crippen molar-refractivity contribution in [2.75, 3.05) is 37.6 Å². The van der Waals surface area contributed by atoms with E-state index in [0.29, 0.717) is 44.0 Å². The van der Waals surface area contributed by atoms with Gasteiger partial charge in [-0.05, 0) is 55.7 Å². The summed E-state index contributed by atoms with van der Waals surface area (Å²) >= 11 is 0. The lowest BCUT2D eigenvalue weighted by Gasteiger charge is -2.23. The Morgan fingerprint density at radius 2 is 1.81 bits per heavy atom. The lowest BCUT2D eigenvalue weighted by molar-refractivity contribution is -0.137. The van der Waals surface area contributed by atoms with E-state index in [1.165, 1.54) is 6.07 Å². The van der Waals surface area contributed by atoms with Crippen molar-refractivity contribution in [2.45, 2.75) is 26.4 Å². The average Bonchev–Trinajstić information content (AvgIpc) is 2.99. The van der Waals surface area contributed by atoms with Crippen LogP contribution in [0.1, 0.15) is 33.5 Å². The van der Waals surface area contributed by atoms with Crippen molar-refractivity contribution in [1.82, 2.24) is 15.2 Å². The molecule has 0 bridgehead atoms. The number of amides is 2. The van der Waals surface area contributed by atoms with Gasteiger partial charge in [0, 0.05) is 37.9 Å². The van der Waals surface area contributed by atoms with Gasteiger partial charge < -0.3 is 15.1 Å². The molecule has 2 aromatic rings. The molecule has 0 unspecified atom stereocenters. The van der Waals surface area contributed by atoms with Gasteiger partial charge in [-0.2, -0.15) is 13.2 Å². The van der Waals surface area contributed by atoms with Crippen LogP contribution in [0.4, 0.5) is 19.0 Å². The number of nitrogens with zero attached hydrogens (tertiary/aromatic N) is 3. The molecular formula is C22H25F3N4O2. The zero-order valence-electron chi connectivity index (χ0n) is 17.5. The van der Waals surface area contributed by atoms with Crippen LogP contribution in [0.2, 0.25) is 0 Å². The van der Waals surface area contributed by atoms with Gasteiger partial charge in [0.2, 0.25) is 5.91 Å². The molecule has 9 heteroatoms. The van der Waals surface area contributed by atoms with Gasteiger partial charge in [-0.15, -0.1) is 0 Å². The first kappa shape index (κ1) is 22.6. The van der Waals surface area contributed by atoms with Gasteiger partial charge in [0.15, 0.2) is 0 Å². The summed E-state index contributed by atoms with van der Waals surface area (Å²) in [6.07, 6.45) is -2.94. The molecular weight excluding hydrogens is 409 g/mol. The summed E-state index contributed by atoms with van der Waals surface area (Å²) in [4.78, 5) is 32.3. The van der Waals surface area contributed by atoms with Crippen molar-refractivity contribution in [3.8, 4) is 0 Å². The zero-order chi connectivity index (χ0) is 22.6. The van der Waals surface area contributed by atoms with Crippen LogP contribution in [0.25, 0.3) is 0 Å². The Labute approximate surface area is 179 Å². The molecule has 2 heterocycles. The van der Waals surface area contributed by atoms with Crippen molar-refractivity contribution in [3.63, 3.8) is 0 Å². The molecule has 1 aliphatic heterocycles. The third kappa shape index (κ3) is 5.74. The number of hydrogen-bond acceptors (Lipinski definition) is 4. The molecule has 1 N–H and O–H groups in total. The number of nitrogens with one attached hydrogen (secondary N) is 1. The van der Waals surface area contributed by atoms with Gasteiger partial charge in [0.25, 0.3) is 5.91 Å². The first-order valence-corrected chi connectivity index (χ1v) is 10.1. The number of halogens is 3. The van der Waals surface area contributed by atoms with Crippen LogP contribution in [0.3, 0.4) is 0 Å². The van der Waals surface area contributed by atoms with Crippen LogP contribution in [0, 0.1) is 13.8 Å². The fraction of sp³-hybridized carbons (Fsp3) is 0.409. The normalized spacial score (nSPS) is 14.9. The number of pyridine rings is 1. The maximum atomic E-state index is 12.7. The first-order valence-electron chi connectivity index (χ1n) is 10.1. The summed E-state index contributed by atoms with van der Waals surface area (Å²) in [6, 6.07) is 7.74. The monoisotopic (exact) mass is 434 g/mol. The standard InChI is InChI=1S/C22H25F3N4O2/c1-15-4-5-17(12-16(15)2)21(31)27-14-20(30)29-9-3-8-28(10-11-29)19-7-6-18(13-26-19)22(23,24)25/h4-7,12-13H,3,8-11,14H2,1-2H3,(H,27,31). The highest BCUT2D eigenvalue weighted by atomic mass is 19.4. The fourth-order valence-electron chi connectivity index (χ4n) is 3.39. The molecule has 0 atom stereocenters. The number of aryl methyl sites for hydroxylation is 2. The molecule has 1 aromatic carbocycles. The molecule has 0 aliphatic carbocycles. The van der Waals surface area contributed by atoms with Gasteiger partial charge in [0.05, 0.1) is 12.1 Å². The Balaban J connectivity index is 1.53. The Morgan fingerprint density at radius 1 is 1.03 bits per heavy atom. The van der Waals surface area contributed by atoms with E-state index in [9.17, 15) is 22.8 Å². The van der Waals surface area contributed by atoms with Gasteiger partial charge in [-0.3, -0.25) is 9.59 Å². The summed E-state index contributed by atoms with van der Waals surface area (Å²) < 4.78 is 38.1. The van der Waals surface area contributed by atoms with Crippen LogP contribution in [-0.2, 0) is 11.0 Å². The highest BCUT2D eigenvalue weighted by molar-refractivity contribution is 5.96. The summed E-state index contributed by atoms with van der Waals surface area (Å²) in [5.74, 6) is -0.0494. The Hall–Kier alpha value is -3.10. The number of alkyl halides is 3. The van der Waals surface area contributed by atoms with E-state index in [-0.39, 0.29) is 18.4 Å². The third-order valence-corrected chi connectivity index (χ3v) is 5.42. The molecule has 1 aromatic heterocycles. The minimum absolute atomic E-state index is 0.107. The van der Waals surface area contributed by atoms with E-state index in [2.05, 4.69) is 10.3 Å². The van der Waals surface area contributed by atoms with Crippen LogP contribution in [-0.4, -0.2) is 54.4 Å². The average molecular weight is 434 g/mol. The second kappa shape index (κ2) is 9.36. The molecule has 6 nitrogen and oxygen atoms in total. The van der Waals surface area contributed by atoms with Crippen molar-refractivity contribution in [3.05, 3.63) is 58.8 Å². The third-order valence-electron chi connectivity index (χ3n) is 5.42. The number of hydrogen-bond donors (Lipinski definition) is 1. The fourth-order valence-corrected chi connectivity index (χ4v) is 3.39. The minimum Gasteiger partial charge on any atom is -0.355 e.